The van der Waals surface area contributed by atoms with Crippen molar-refractivity contribution in [2.45, 2.75) is 19.5 Å². The van der Waals surface area contributed by atoms with Crippen LogP contribution < -0.4 is 0 Å². The molecule has 0 aliphatic carbocycles. The van der Waals surface area contributed by atoms with Gasteiger partial charge in [-0.25, -0.2) is 9.18 Å². The molecule has 1 aliphatic heterocycles. The Labute approximate surface area is 154 Å². The highest BCUT2D eigenvalue weighted by Gasteiger charge is 2.15. The average molecular weight is 356 g/mol. The van der Waals surface area contributed by atoms with Crippen LogP contribution in [-0.4, -0.2) is 49.1 Å². The molecular formula is C21H25FN2O2. The zero-order valence-electron chi connectivity index (χ0n) is 15.2. The molecule has 1 saturated heterocycles. The molecule has 1 aliphatic rings. The molecule has 0 saturated carbocycles. The fourth-order valence-electron chi connectivity index (χ4n) is 3.31. The topological polar surface area (TPSA) is 32.8 Å². The van der Waals surface area contributed by atoms with E-state index >= 15 is 0 Å². The summed E-state index contributed by atoms with van der Waals surface area (Å²) in [5.74, 6) is -0.489. The van der Waals surface area contributed by atoms with Gasteiger partial charge in [-0.05, 0) is 54.9 Å². The molecule has 0 radical (unpaired) electrons. The summed E-state index contributed by atoms with van der Waals surface area (Å²) in [5.41, 5.74) is 2.93. The van der Waals surface area contributed by atoms with Crippen molar-refractivity contribution in [2.75, 3.05) is 33.3 Å². The second kappa shape index (κ2) is 8.92. The van der Waals surface area contributed by atoms with E-state index in [4.69, 9.17) is 4.74 Å². The first-order chi connectivity index (χ1) is 12.6. The number of benzene rings is 2. The summed E-state index contributed by atoms with van der Waals surface area (Å²) in [5, 5.41) is 0. The van der Waals surface area contributed by atoms with Crippen molar-refractivity contribution < 1.29 is 13.9 Å². The molecule has 0 bridgehead atoms. The van der Waals surface area contributed by atoms with Crippen LogP contribution in [0.3, 0.4) is 0 Å². The van der Waals surface area contributed by atoms with Crippen molar-refractivity contribution in [3.05, 3.63) is 71.0 Å². The molecule has 26 heavy (non-hydrogen) atoms. The van der Waals surface area contributed by atoms with Gasteiger partial charge in [-0.15, -0.1) is 0 Å². The lowest BCUT2D eigenvalue weighted by Crippen LogP contribution is -2.30. The molecule has 2 aromatic rings. The standard InChI is InChI=1S/C21H25FN2O2/c1-26-21(25)19-7-3-17(4-8-19)15-23-11-2-12-24(14-13-23)16-18-5-9-20(22)10-6-18/h3-10H,2,11-16H2,1H3. The third kappa shape index (κ3) is 5.13. The Balaban J connectivity index is 1.52. The van der Waals surface area contributed by atoms with Gasteiger partial charge in [0.1, 0.15) is 5.82 Å². The van der Waals surface area contributed by atoms with Crippen LogP contribution in [0.2, 0.25) is 0 Å². The monoisotopic (exact) mass is 356 g/mol. The molecule has 0 unspecified atom stereocenters. The van der Waals surface area contributed by atoms with Crippen LogP contribution in [0, 0.1) is 5.82 Å². The fraction of sp³-hybridized carbons (Fsp3) is 0.381. The van der Waals surface area contributed by atoms with E-state index in [1.54, 1.807) is 0 Å². The summed E-state index contributed by atoms with van der Waals surface area (Å²) in [6.07, 6.45) is 1.11. The minimum Gasteiger partial charge on any atom is -0.465 e. The van der Waals surface area contributed by atoms with Gasteiger partial charge >= 0.3 is 5.97 Å². The first-order valence-electron chi connectivity index (χ1n) is 9.00. The zero-order chi connectivity index (χ0) is 18.4. The third-order valence-electron chi connectivity index (χ3n) is 4.78. The lowest BCUT2D eigenvalue weighted by atomic mass is 10.1. The molecule has 138 valence electrons. The van der Waals surface area contributed by atoms with Gasteiger partial charge in [0.15, 0.2) is 0 Å². The highest BCUT2D eigenvalue weighted by Crippen LogP contribution is 2.13. The normalized spacial score (nSPS) is 16.2. The maximum atomic E-state index is 13.0. The number of halogens is 1. The van der Waals surface area contributed by atoms with Crippen LogP contribution >= 0.6 is 0 Å². The Morgan fingerprint density at radius 2 is 1.38 bits per heavy atom. The predicted octanol–water partition coefficient (Wildman–Crippen LogP) is 3.32. The Kier molecular flexibility index (Phi) is 6.36. The van der Waals surface area contributed by atoms with E-state index in [2.05, 4.69) is 9.80 Å². The Bertz CT molecular complexity index is 716. The number of rotatable bonds is 5. The van der Waals surface area contributed by atoms with Gasteiger partial charge in [0, 0.05) is 26.2 Å². The van der Waals surface area contributed by atoms with Gasteiger partial charge in [-0.3, -0.25) is 9.80 Å². The van der Waals surface area contributed by atoms with Gasteiger partial charge in [-0.2, -0.15) is 0 Å². The van der Waals surface area contributed by atoms with Gasteiger partial charge in [-0.1, -0.05) is 24.3 Å². The van der Waals surface area contributed by atoms with Crippen LogP contribution in [0.1, 0.15) is 27.9 Å². The lowest BCUT2D eigenvalue weighted by molar-refractivity contribution is 0.0600. The maximum Gasteiger partial charge on any atom is 0.337 e. The summed E-state index contributed by atoms with van der Waals surface area (Å²) in [7, 11) is 1.39. The van der Waals surface area contributed by atoms with Crippen LogP contribution in [-0.2, 0) is 17.8 Å². The van der Waals surface area contributed by atoms with Crippen LogP contribution in [0.4, 0.5) is 4.39 Å². The maximum absolute atomic E-state index is 13.0. The number of hydrogen-bond donors (Lipinski definition) is 0. The molecule has 0 amide bonds. The minimum absolute atomic E-state index is 0.186. The minimum atomic E-state index is -0.303. The number of methoxy groups -OCH3 is 1. The van der Waals surface area contributed by atoms with Crippen molar-refractivity contribution >= 4 is 5.97 Å². The van der Waals surface area contributed by atoms with E-state index in [1.165, 1.54) is 24.8 Å². The summed E-state index contributed by atoms with van der Waals surface area (Å²) in [4.78, 5) is 16.4. The molecule has 0 N–H and O–H groups in total. The summed E-state index contributed by atoms with van der Waals surface area (Å²) in [6.45, 7) is 5.85. The third-order valence-corrected chi connectivity index (χ3v) is 4.78. The highest BCUT2D eigenvalue weighted by atomic mass is 19.1. The molecule has 2 aromatic carbocycles. The number of ether oxygens (including phenoxy) is 1. The predicted molar refractivity (Wildman–Crippen MR) is 99.4 cm³/mol. The molecule has 5 heteroatoms. The molecule has 3 rings (SSSR count). The first kappa shape index (κ1) is 18.5. The summed E-state index contributed by atoms with van der Waals surface area (Å²) >= 11 is 0. The molecule has 0 spiro atoms. The smallest absolute Gasteiger partial charge is 0.337 e. The summed E-state index contributed by atoms with van der Waals surface area (Å²) in [6, 6.07) is 14.4. The van der Waals surface area contributed by atoms with Crippen LogP contribution in [0.25, 0.3) is 0 Å². The van der Waals surface area contributed by atoms with Crippen molar-refractivity contribution in [1.29, 1.82) is 0 Å². The van der Waals surface area contributed by atoms with E-state index in [9.17, 15) is 9.18 Å². The Hall–Kier alpha value is -2.24. The summed E-state index contributed by atoms with van der Waals surface area (Å²) < 4.78 is 17.8. The number of hydrogen-bond acceptors (Lipinski definition) is 4. The number of carbonyl (C=O) groups excluding carboxylic acids is 1. The van der Waals surface area contributed by atoms with Crippen molar-refractivity contribution in [3.8, 4) is 0 Å². The fourth-order valence-corrected chi connectivity index (χ4v) is 3.31. The van der Waals surface area contributed by atoms with Crippen molar-refractivity contribution in [1.82, 2.24) is 9.80 Å². The van der Waals surface area contributed by atoms with E-state index < -0.39 is 0 Å². The van der Waals surface area contributed by atoms with Gasteiger partial charge < -0.3 is 4.74 Å². The first-order valence-corrected chi connectivity index (χ1v) is 9.00. The molecule has 1 heterocycles. The van der Waals surface area contributed by atoms with E-state index in [1.807, 2.05) is 36.4 Å². The molecule has 4 nitrogen and oxygen atoms in total. The molecular weight excluding hydrogens is 331 g/mol. The van der Waals surface area contributed by atoms with Gasteiger partial charge in [0.05, 0.1) is 12.7 Å². The number of esters is 1. The molecule has 0 aromatic heterocycles. The van der Waals surface area contributed by atoms with E-state index in [0.29, 0.717) is 5.56 Å². The quantitative estimate of drug-likeness (QED) is 0.770. The second-order valence-electron chi connectivity index (χ2n) is 6.72. The highest BCUT2D eigenvalue weighted by molar-refractivity contribution is 5.89. The van der Waals surface area contributed by atoms with Gasteiger partial charge in [0.25, 0.3) is 0 Å². The Morgan fingerprint density at radius 3 is 1.88 bits per heavy atom. The second-order valence-corrected chi connectivity index (χ2v) is 6.72. The number of nitrogens with zero attached hydrogens (tertiary/aromatic N) is 2. The van der Waals surface area contributed by atoms with Crippen LogP contribution in [0.15, 0.2) is 48.5 Å². The van der Waals surface area contributed by atoms with Crippen LogP contribution in [0.5, 0.6) is 0 Å². The largest absolute Gasteiger partial charge is 0.465 e. The van der Waals surface area contributed by atoms with E-state index in [0.717, 1.165) is 51.3 Å². The molecule has 0 atom stereocenters. The van der Waals surface area contributed by atoms with Gasteiger partial charge in [0.2, 0.25) is 0 Å². The lowest BCUT2D eigenvalue weighted by Gasteiger charge is -2.22. The van der Waals surface area contributed by atoms with E-state index in [-0.39, 0.29) is 11.8 Å². The SMILES string of the molecule is COC(=O)c1ccc(CN2CCCN(Cc3ccc(F)cc3)CC2)cc1. The molecule has 1 fully saturated rings. The Morgan fingerprint density at radius 1 is 0.885 bits per heavy atom. The average Bonchev–Trinajstić information content (AvgIpc) is 2.89. The van der Waals surface area contributed by atoms with Crippen molar-refractivity contribution in [3.63, 3.8) is 0 Å². The number of carbonyl (C=O) groups is 1. The van der Waals surface area contributed by atoms with Crippen molar-refractivity contribution in [2.24, 2.45) is 0 Å². The zero-order valence-corrected chi connectivity index (χ0v) is 15.2.